The van der Waals surface area contributed by atoms with Gasteiger partial charge >= 0.3 is 18.1 Å². The van der Waals surface area contributed by atoms with Crippen LogP contribution in [0.1, 0.15) is 57.7 Å². The van der Waals surface area contributed by atoms with Gasteiger partial charge in [0.15, 0.2) is 0 Å². The fourth-order valence-corrected chi connectivity index (χ4v) is 5.68. The van der Waals surface area contributed by atoms with Crippen molar-refractivity contribution in [1.82, 2.24) is 25.3 Å². The second-order valence-electron chi connectivity index (χ2n) is 12.8. The number of hydrogen-bond acceptors (Lipinski definition) is 9. The number of rotatable bonds is 9. The molecule has 0 spiro atoms. The molecule has 5 N–H and O–H groups in total. The van der Waals surface area contributed by atoms with Crippen molar-refractivity contribution >= 4 is 29.8 Å². The van der Waals surface area contributed by atoms with Crippen LogP contribution in [0.3, 0.4) is 0 Å². The predicted octanol–water partition coefficient (Wildman–Crippen LogP) is 4.02. The van der Waals surface area contributed by atoms with Crippen molar-refractivity contribution in [2.45, 2.75) is 58.7 Å². The first-order valence-corrected chi connectivity index (χ1v) is 16.5. The minimum atomic E-state index is -0.875. The highest BCUT2D eigenvalue weighted by Gasteiger charge is 2.43. The molecule has 0 saturated carbocycles. The summed E-state index contributed by atoms with van der Waals surface area (Å²) >= 11 is 0. The molecule has 13 nitrogen and oxygen atoms in total. The van der Waals surface area contributed by atoms with E-state index in [0.29, 0.717) is 43.8 Å². The third-order valence-corrected chi connectivity index (χ3v) is 8.42. The number of benzene rings is 2. The molecule has 2 aromatic rings. The highest BCUT2D eigenvalue weighted by Crippen LogP contribution is 2.32. The number of ether oxygens (including phenoxy) is 2. The molecular formula is C36H51N7O6. The molecule has 0 aromatic heterocycles. The number of likely N-dealkylation sites (N-methyl/N-ethyl adjacent to an activating group) is 1. The molecule has 1 fully saturated rings. The van der Waals surface area contributed by atoms with E-state index in [0.717, 1.165) is 11.1 Å². The Hall–Kier alpha value is -4.91. The molecule has 2 heterocycles. The maximum atomic E-state index is 13.6. The zero-order chi connectivity index (χ0) is 36.1. The van der Waals surface area contributed by atoms with Gasteiger partial charge < -0.3 is 40.5 Å². The molecule has 4 amide bonds. The number of carbonyl (C=O) groups is 4. The Morgan fingerprint density at radius 2 is 1.67 bits per heavy atom. The van der Waals surface area contributed by atoms with Crippen LogP contribution >= 0.6 is 0 Å². The van der Waals surface area contributed by atoms with Gasteiger partial charge in [-0.3, -0.25) is 15.0 Å². The number of nitrogens with zero attached hydrogens (tertiary/aromatic N) is 3. The Labute approximate surface area is 289 Å². The molecule has 0 aliphatic carbocycles. The van der Waals surface area contributed by atoms with Crippen LogP contribution in [0.5, 0.6) is 0 Å². The number of piperidine rings is 1. The zero-order valence-electron chi connectivity index (χ0n) is 29.5. The Bertz CT molecular complexity index is 1480. The monoisotopic (exact) mass is 677 g/mol. The van der Waals surface area contributed by atoms with Gasteiger partial charge in [-0.1, -0.05) is 60.7 Å². The average Bonchev–Trinajstić information content (AvgIpc) is 3.32. The molecule has 0 bridgehead atoms. The second kappa shape index (κ2) is 18.0. The van der Waals surface area contributed by atoms with Gasteiger partial charge in [-0.2, -0.15) is 0 Å². The molecule has 4 rings (SSSR count). The van der Waals surface area contributed by atoms with Gasteiger partial charge in [0.25, 0.3) is 0 Å². The first kappa shape index (κ1) is 38.5. The lowest BCUT2D eigenvalue weighted by Gasteiger charge is -2.35. The van der Waals surface area contributed by atoms with Gasteiger partial charge in [0.05, 0.1) is 30.7 Å². The van der Waals surface area contributed by atoms with Crippen molar-refractivity contribution in [3.63, 3.8) is 0 Å². The summed E-state index contributed by atoms with van der Waals surface area (Å²) in [7, 11) is 3.89. The number of likely N-dealkylation sites (tertiary alicyclic amines) is 1. The SMILES string of the molecule is CCOC(C)=O.CN(C)C[C@@H](NC(=O)N1CC(C(=N)NC(=O)[C@@H]2CCCN(C(=O)OCc3ccccc3)C2)=C(N)C1(C)C)c1ccccc1. The summed E-state index contributed by atoms with van der Waals surface area (Å²) in [5.41, 5.74) is 8.23. The molecular weight excluding hydrogens is 626 g/mol. The van der Waals surface area contributed by atoms with E-state index in [1.807, 2.05) is 93.5 Å². The van der Waals surface area contributed by atoms with Gasteiger partial charge in [-0.15, -0.1) is 0 Å². The number of esters is 1. The Kier molecular flexibility index (Phi) is 14.2. The van der Waals surface area contributed by atoms with Crippen LogP contribution in [-0.2, 0) is 25.7 Å². The predicted molar refractivity (Wildman–Crippen MR) is 187 cm³/mol. The quantitative estimate of drug-likeness (QED) is 0.175. The Morgan fingerprint density at radius 3 is 2.24 bits per heavy atom. The second-order valence-corrected chi connectivity index (χ2v) is 12.8. The van der Waals surface area contributed by atoms with Gasteiger partial charge in [0.1, 0.15) is 12.4 Å². The summed E-state index contributed by atoms with van der Waals surface area (Å²) in [5.74, 6) is -1.20. The lowest BCUT2D eigenvalue weighted by Crippen LogP contribution is -2.52. The number of nitrogens with two attached hydrogens (primary N) is 1. The number of hydrogen-bond donors (Lipinski definition) is 4. The molecule has 2 atom stereocenters. The van der Waals surface area contributed by atoms with E-state index in [1.165, 1.54) is 11.8 Å². The summed E-state index contributed by atoms with van der Waals surface area (Å²) in [4.78, 5) is 54.4. The van der Waals surface area contributed by atoms with Crippen LogP contribution in [0.2, 0.25) is 0 Å². The fraction of sp³-hybridized carbons (Fsp3) is 0.472. The highest BCUT2D eigenvalue weighted by atomic mass is 16.6. The minimum absolute atomic E-state index is 0.0792. The third kappa shape index (κ3) is 11.1. The van der Waals surface area contributed by atoms with Crippen LogP contribution in [0.4, 0.5) is 9.59 Å². The van der Waals surface area contributed by atoms with E-state index < -0.39 is 17.6 Å². The molecule has 2 aliphatic heterocycles. The zero-order valence-corrected chi connectivity index (χ0v) is 29.5. The van der Waals surface area contributed by atoms with Crippen LogP contribution in [0.15, 0.2) is 71.9 Å². The number of urea groups is 1. The first-order valence-electron chi connectivity index (χ1n) is 16.5. The van der Waals surface area contributed by atoms with Crippen LogP contribution in [-0.4, -0.2) is 97.0 Å². The third-order valence-electron chi connectivity index (χ3n) is 8.42. The molecule has 0 radical (unpaired) electrons. The number of nitrogens with one attached hydrogen (secondary N) is 3. The number of amidine groups is 1. The minimum Gasteiger partial charge on any atom is -0.466 e. The molecule has 0 unspecified atom stereocenters. The van der Waals surface area contributed by atoms with Crippen LogP contribution in [0, 0.1) is 11.3 Å². The van der Waals surface area contributed by atoms with E-state index in [2.05, 4.69) is 15.4 Å². The van der Waals surface area contributed by atoms with Gasteiger partial charge in [0.2, 0.25) is 5.91 Å². The number of carbonyl (C=O) groups excluding carboxylic acids is 4. The summed E-state index contributed by atoms with van der Waals surface area (Å²) < 4.78 is 9.85. The van der Waals surface area contributed by atoms with E-state index in [1.54, 1.807) is 11.8 Å². The lowest BCUT2D eigenvalue weighted by molar-refractivity contribution is -0.140. The van der Waals surface area contributed by atoms with E-state index in [9.17, 15) is 19.2 Å². The maximum Gasteiger partial charge on any atom is 0.410 e. The molecule has 2 aromatic carbocycles. The summed E-state index contributed by atoms with van der Waals surface area (Å²) in [6.07, 6.45) is 0.765. The largest absolute Gasteiger partial charge is 0.466 e. The van der Waals surface area contributed by atoms with Crippen molar-refractivity contribution < 1.29 is 28.7 Å². The molecule has 13 heteroatoms. The summed E-state index contributed by atoms with van der Waals surface area (Å²) in [6.45, 7) is 8.85. The first-order chi connectivity index (χ1) is 23.2. The summed E-state index contributed by atoms with van der Waals surface area (Å²) in [5, 5.41) is 14.5. The summed E-state index contributed by atoms with van der Waals surface area (Å²) in [6, 6.07) is 18.6. The molecule has 1 saturated heterocycles. The van der Waals surface area contributed by atoms with E-state index in [4.69, 9.17) is 15.9 Å². The van der Waals surface area contributed by atoms with Crippen LogP contribution < -0.4 is 16.4 Å². The molecule has 49 heavy (non-hydrogen) atoms. The topological polar surface area (TPSA) is 170 Å². The molecule has 266 valence electrons. The van der Waals surface area contributed by atoms with E-state index in [-0.39, 0.29) is 49.5 Å². The van der Waals surface area contributed by atoms with Crippen molar-refractivity contribution in [1.29, 1.82) is 5.41 Å². The fourth-order valence-electron chi connectivity index (χ4n) is 5.68. The Morgan fingerprint density at radius 1 is 1.04 bits per heavy atom. The van der Waals surface area contributed by atoms with E-state index >= 15 is 0 Å². The normalized spacial score (nSPS) is 17.4. The van der Waals surface area contributed by atoms with Crippen molar-refractivity contribution in [2.24, 2.45) is 11.7 Å². The van der Waals surface area contributed by atoms with Crippen molar-refractivity contribution in [3.05, 3.63) is 83.1 Å². The van der Waals surface area contributed by atoms with Crippen molar-refractivity contribution in [3.8, 4) is 0 Å². The highest BCUT2D eigenvalue weighted by molar-refractivity contribution is 6.08. The van der Waals surface area contributed by atoms with Gasteiger partial charge in [0, 0.05) is 37.8 Å². The average molecular weight is 678 g/mol. The Balaban J connectivity index is 0.000000992. The van der Waals surface area contributed by atoms with Gasteiger partial charge in [-0.05, 0) is 58.8 Å². The molecule has 2 aliphatic rings. The smallest absolute Gasteiger partial charge is 0.410 e. The van der Waals surface area contributed by atoms with Crippen LogP contribution in [0.25, 0.3) is 0 Å². The number of amides is 4. The lowest BCUT2D eigenvalue weighted by atomic mass is 9.97. The maximum absolute atomic E-state index is 13.6. The standard InChI is InChI=1S/C32H43N7O4.C4H8O2/c1-32(2)27(33)25(19-39(32)30(41)35-26(20-37(3)4)23-14-9-6-10-15-23)28(34)36-29(40)24-16-11-17-38(18-24)31(42)43-21-22-12-7-5-8-13-22;1-3-6-4(2)5/h5-10,12-15,24,26H,11,16-21,33H2,1-4H3,(H,35,41)(H2,34,36,40);3H2,1-2H3/t24-,26-;/m1./s1. The van der Waals surface area contributed by atoms with Crippen molar-refractivity contribution in [2.75, 3.05) is 46.9 Å². The van der Waals surface area contributed by atoms with Gasteiger partial charge in [-0.25, -0.2) is 9.59 Å².